The number of benzene rings is 3. The summed E-state index contributed by atoms with van der Waals surface area (Å²) in [6, 6.07) is 23.2. The Balaban J connectivity index is 1.42. The highest BCUT2D eigenvalue weighted by molar-refractivity contribution is 6.07. The third-order valence-corrected chi connectivity index (χ3v) is 5.40. The number of carbonyl (C=O) groups is 1. The molecule has 5 heteroatoms. The minimum atomic E-state index is -0.0311. The average molecular weight is 430 g/mol. The van der Waals surface area contributed by atoms with E-state index in [1.807, 2.05) is 78.9 Å². The number of allylic oxidation sites excluding steroid dienone is 1. The molecule has 3 aromatic carbocycles. The summed E-state index contributed by atoms with van der Waals surface area (Å²) in [5.74, 6) is 1.52. The van der Waals surface area contributed by atoms with Crippen LogP contribution in [0.2, 0.25) is 0 Å². The number of ether oxygens (including phenoxy) is 3. The lowest BCUT2D eigenvalue weighted by atomic mass is 10.1. The fraction of sp³-hybridized carbons (Fsp3) is 0.222. The van der Waals surface area contributed by atoms with Gasteiger partial charge in [-0.2, -0.15) is 0 Å². The summed E-state index contributed by atoms with van der Waals surface area (Å²) >= 11 is 0. The lowest BCUT2D eigenvalue weighted by molar-refractivity contribution is 0.104. The Labute approximate surface area is 188 Å². The van der Waals surface area contributed by atoms with Crippen molar-refractivity contribution < 1.29 is 19.0 Å². The Morgan fingerprint density at radius 2 is 1.75 bits per heavy atom. The van der Waals surface area contributed by atoms with Crippen LogP contribution in [0.25, 0.3) is 6.08 Å². The highest BCUT2D eigenvalue weighted by Gasteiger charge is 2.12. The van der Waals surface area contributed by atoms with E-state index in [4.69, 9.17) is 14.2 Å². The molecule has 0 N–H and O–H groups in total. The van der Waals surface area contributed by atoms with Crippen molar-refractivity contribution >= 4 is 17.5 Å². The standard InChI is InChI=1S/C27H27NO4/c1-30-27-14-8-21(19-23(27)20-32-25-5-3-2-4-6-25)7-13-26(29)22-9-11-24(12-10-22)28-15-17-31-18-16-28/h2-14,19H,15-18,20H2,1H3/b13-7+. The Kier molecular flexibility index (Phi) is 7.20. The first kappa shape index (κ1) is 21.7. The van der Waals surface area contributed by atoms with Crippen molar-refractivity contribution in [2.45, 2.75) is 6.61 Å². The summed E-state index contributed by atoms with van der Waals surface area (Å²) in [5, 5.41) is 0. The quantitative estimate of drug-likeness (QED) is 0.372. The molecule has 164 valence electrons. The largest absolute Gasteiger partial charge is 0.496 e. The van der Waals surface area contributed by atoms with Gasteiger partial charge in [-0.1, -0.05) is 30.3 Å². The van der Waals surface area contributed by atoms with Crippen LogP contribution < -0.4 is 14.4 Å². The lowest BCUT2D eigenvalue weighted by Gasteiger charge is -2.28. The second kappa shape index (κ2) is 10.6. The van der Waals surface area contributed by atoms with Gasteiger partial charge in [-0.05, 0) is 60.2 Å². The highest BCUT2D eigenvalue weighted by Crippen LogP contribution is 2.23. The van der Waals surface area contributed by atoms with Crippen LogP contribution in [0.4, 0.5) is 5.69 Å². The molecule has 0 amide bonds. The van der Waals surface area contributed by atoms with E-state index in [9.17, 15) is 4.79 Å². The molecule has 0 radical (unpaired) electrons. The van der Waals surface area contributed by atoms with E-state index in [1.165, 1.54) is 0 Å². The molecule has 0 spiro atoms. The van der Waals surface area contributed by atoms with Crippen LogP contribution in [0.5, 0.6) is 11.5 Å². The maximum Gasteiger partial charge on any atom is 0.185 e. The van der Waals surface area contributed by atoms with Crippen molar-refractivity contribution in [3.8, 4) is 11.5 Å². The highest BCUT2D eigenvalue weighted by atomic mass is 16.5. The van der Waals surface area contributed by atoms with Crippen LogP contribution in [-0.4, -0.2) is 39.2 Å². The van der Waals surface area contributed by atoms with Crippen LogP contribution in [0.15, 0.2) is 78.9 Å². The molecule has 3 aromatic rings. The fourth-order valence-corrected chi connectivity index (χ4v) is 3.62. The van der Waals surface area contributed by atoms with Crippen molar-refractivity contribution in [3.05, 3.63) is 95.6 Å². The molecule has 0 saturated carbocycles. The van der Waals surface area contributed by atoms with Crippen molar-refractivity contribution in [2.24, 2.45) is 0 Å². The summed E-state index contributed by atoms with van der Waals surface area (Å²) in [6.07, 6.45) is 3.43. The van der Waals surface area contributed by atoms with E-state index in [0.29, 0.717) is 12.2 Å². The fourth-order valence-electron chi connectivity index (χ4n) is 3.62. The molecule has 4 rings (SSSR count). The number of morpholine rings is 1. The SMILES string of the molecule is COc1ccc(/C=C/C(=O)c2ccc(N3CCOCC3)cc2)cc1COc1ccccc1. The average Bonchev–Trinajstić information content (AvgIpc) is 2.87. The third kappa shape index (κ3) is 5.56. The zero-order chi connectivity index (χ0) is 22.2. The van der Waals surface area contributed by atoms with Gasteiger partial charge >= 0.3 is 0 Å². The van der Waals surface area contributed by atoms with Crippen LogP contribution in [-0.2, 0) is 11.3 Å². The minimum Gasteiger partial charge on any atom is -0.496 e. The number of methoxy groups -OCH3 is 1. The molecular formula is C27H27NO4. The number of carbonyl (C=O) groups excluding carboxylic acids is 1. The van der Waals surface area contributed by atoms with E-state index >= 15 is 0 Å². The van der Waals surface area contributed by atoms with Crippen LogP contribution in [0.3, 0.4) is 0 Å². The molecular weight excluding hydrogens is 402 g/mol. The number of ketones is 1. The van der Waals surface area contributed by atoms with Crippen molar-refractivity contribution in [3.63, 3.8) is 0 Å². The second-order valence-electron chi connectivity index (χ2n) is 7.52. The summed E-state index contributed by atoms with van der Waals surface area (Å²) in [5.41, 5.74) is 3.61. The predicted octanol–water partition coefficient (Wildman–Crippen LogP) is 5.01. The molecule has 0 aromatic heterocycles. The summed E-state index contributed by atoms with van der Waals surface area (Å²) in [7, 11) is 1.64. The zero-order valence-electron chi connectivity index (χ0n) is 18.2. The molecule has 1 saturated heterocycles. The number of hydrogen-bond acceptors (Lipinski definition) is 5. The zero-order valence-corrected chi connectivity index (χ0v) is 18.2. The van der Waals surface area contributed by atoms with Crippen molar-refractivity contribution in [2.75, 3.05) is 38.3 Å². The predicted molar refractivity (Wildman–Crippen MR) is 127 cm³/mol. The molecule has 1 aliphatic heterocycles. The maximum atomic E-state index is 12.7. The third-order valence-electron chi connectivity index (χ3n) is 5.40. The smallest absolute Gasteiger partial charge is 0.185 e. The molecule has 0 bridgehead atoms. The minimum absolute atomic E-state index is 0.0311. The van der Waals surface area contributed by atoms with Gasteiger partial charge in [0.25, 0.3) is 0 Å². The van der Waals surface area contributed by atoms with Crippen LogP contribution in [0.1, 0.15) is 21.5 Å². The number of rotatable bonds is 8. The van der Waals surface area contributed by atoms with E-state index in [-0.39, 0.29) is 5.78 Å². The van der Waals surface area contributed by atoms with Gasteiger partial charge < -0.3 is 19.1 Å². The molecule has 0 aliphatic carbocycles. The topological polar surface area (TPSA) is 48.0 Å². The Bertz CT molecular complexity index is 1050. The van der Waals surface area contributed by atoms with Gasteiger partial charge in [0.2, 0.25) is 0 Å². The van der Waals surface area contributed by atoms with Gasteiger partial charge in [0.15, 0.2) is 5.78 Å². The first-order chi connectivity index (χ1) is 15.7. The van der Waals surface area contributed by atoms with Gasteiger partial charge in [0.05, 0.1) is 20.3 Å². The Morgan fingerprint density at radius 1 is 1.00 bits per heavy atom. The molecule has 0 atom stereocenters. The molecule has 1 fully saturated rings. The summed E-state index contributed by atoms with van der Waals surface area (Å²) in [6.45, 7) is 3.61. The van der Waals surface area contributed by atoms with E-state index in [2.05, 4.69) is 4.90 Å². The second-order valence-corrected chi connectivity index (χ2v) is 7.52. The number of hydrogen-bond donors (Lipinski definition) is 0. The lowest BCUT2D eigenvalue weighted by Crippen LogP contribution is -2.36. The molecule has 1 heterocycles. The van der Waals surface area contributed by atoms with Crippen molar-refractivity contribution in [1.29, 1.82) is 0 Å². The molecule has 32 heavy (non-hydrogen) atoms. The normalized spacial score (nSPS) is 13.8. The first-order valence-corrected chi connectivity index (χ1v) is 10.7. The number of nitrogens with zero attached hydrogens (tertiary/aromatic N) is 1. The van der Waals surface area contributed by atoms with Crippen molar-refractivity contribution in [1.82, 2.24) is 0 Å². The Hall–Kier alpha value is -3.57. The number of anilines is 1. The molecule has 1 aliphatic rings. The van der Waals surface area contributed by atoms with Crippen LogP contribution >= 0.6 is 0 Å². The van der Waals surface area contributed by atoms with Gasteiger partial charge in [-0.3, -0.25) is 4.79 Å². The van der Waals surface area contributed by atoms with E-state index in [0.717, 1.165) is 54.6 Å². The monoisotopic (exact) mass is 429 g/mol. The molecule has 5 nitrogen and oxygen atoms in total. The van der Waals surface area contributed by atoms with Crippen LogP contribution in [0, 0.1) is 0 Å². The van der Waals surface area contributed by atoms with Gasteiger partial charge in [0.1, 0.15) is 18.1 Å². The first-order valence-electron chi connectivity index (χ1n) is 10.7. The van der Waals surface area contributed by atoms with Gasteiger partial charge in [-0.15, -0.1) is 0 Å². The summed E-state index contributed by atoms with van der Waals surface area (Å²) < 4.78 is 16.7. The van der Waals surface area contributed by atoms with E-state index in [1.54, 1.807) is 13.2 Å². The summed E-state index contributed by atoms with van der Waals surface area (Å²) in [4.78, 5) is 14.9. The van der Waals surface area contributed by atoms with E-state index < -0.39 is 0 Å². The Morgan fingerprint density at radius 3 is 2.47 bits per heavy atom. The van der Waals surface area contributed by atoms with Gasteiger partial charge in [0, 0.05) is 29.9 Å². The number of para-hydroxylation sites is 1. The molecule has 0 unspecified atom stereocenters. The maximum absolute atomic E-state index is 12.7. The van der Waals surface area contributed by atoms with Gasteiger partial charge in [-0.25, -0.2) is 0 Å².